The molecule has 0 aliphatic heterocycles. The fraction of sp³-hybridized carbons (Fsp3) is 0.500. The third kappa shape index (κ3) is 4.55. The topological polar surface area (TPSA) is 64.4 Å². The molecule has 1 heterocycles. The minimum absolute atomic E-state index is 0.0801. The summed E-state index contributed by atoms with van der Waals surface area (Å²) in [6, 6.07) is 7.74. The number of carbonyl (C=O) groups is 2. The van der Waals surface area contributed by atoms with E-state index < -0.39 is 5.97 Å². The number of rotatable bonds is 6. The van der Waals surface area contributed by atoms with Gasteiger partial charge in [-0.2, -0.15) is 5.10 Å². The highest BCUT2D eigenvalue weighted by Crippen LogP contribution is 2.26. The highest BCUT2D eigenvalue weighted by atomic mass is 79.9. The molecule has 0 N–H and O–H groups in total. The van der Waals surface area contributed by atoms with Gasteiger partial charge in [0.15, 0.2) is 5.69 Å². The number of esters is 1. The molecule has 156 valence electrons. The largest absolute Gasteiger partial charge is 0.461 e. The Bertz CT molecular complexity index is 870. The van der Waals surface area contributed by atoms with Crippen LogP contribution in [0.3, 0.4) is 0 Å². The molecule has 1 aromatic carbocycles. The van der Waals surface area contributed by atoms with Gasteiger partial charge >= 0.3 is 5.97 Å². The summed E-state index contributed by atoms with van der Waals surface area (Å²) in [6.45, 7) is 6.70. The van der Waals surface area contributed by atoms with E-state index in [9.17, 15) is 9.59 Å². The summed E-state index contributed by atoms with van der Waals surface area (Å²) in [5, 5.41) is 4.40. The maximum absolute atomic E-state index is 13.0. The van der Waals surface area contributed by atoms with Gasteiger partial charge in [-0.05, 0) is 73.8 Å². The molecule has 0 atom stereocenters. The summed E-state index contributed by atoms with van der Waals surface area (Å²) < 4.78 is 7.36. The summed E-state index contributed by atoms with van der Waals surface area (Å²) in [5.74, 6) is -0.379. The van der Waals surface area contributed by atoms with Gasteiger partial charge in [0.05, 0.1) is 22.5 Å². The summed E-state index contributed by atoms with van der Waals surface area (Å²) in [5.41, 5.74) is 2.51. The SMILES string of the molecule is CCOC(=O)c1nn(-c2ccc(C(=O)N(CC)C3CCCCC3)cc2)c(C)c1Br. The molecule has 1 aromatic heterocycles. The highest BCUT2D eigenvalue weighted by Gasteiger charge is 2.25. The average molecular weight is 462 g/mol. The first-order valence-electron chi connectivity index (χ1n) is 10.3. The Morgan fingerprint density at radius 3 is 2.41 bits per heavy atom. The van der Waals surface area contributed by atoms with Gasteiger partial charge in [0.1, 0.15) is 0 Å². The smallest absolute Gasteiger partial charge is 0.360 e. The molecule has 6 nitrogen and oxygen atoms in total. The normalized spacial score (nSPS) is 14.6. The first-order chi connectivity index (χ1) is 14.0. The second-order valence-corrected chi connectivity index (χ2v) is 8.10. The van der Waals surface area contributed by atoms with Crippen LogP contribution in [-0.2, 0) is 4.74 Å². The Morgan fingerprint density at radius 2 is 1.83 bits per heavy atom. The summed E-state index contributed by atoms with van der Waals surface area (Å²) >= 11 is 3.43. The number of benzene rings is 1. The van der Waals surface area contributed by atoms with Crippen LogP contribution in [0.5, 0.6) is 0 Å². The molecule has 1 amide bonds. The first kappa shape index (κ1) is 21.6. The maximum atomic E-state index is 13.0. The zero-order chi connectivity index (χ0) is 21.0. The fourth-order valence-corrected chi connectivity index (χ4v) is 4.35. The number of ether oxygens (including phenoxy) is 1. The van der Waals surface area contributed by atoms with Crippen LogP contribution in [0.1, 0.15) is 72.5 Å². The quantitative estimate of drug-likeness (QED) is 0.572. The number of carbonyl (C=O) groups excluding carboxylic acids is 2. The second-order valence-electron chi connectivity index (χ2n) is 7.31. The predicted octanol–water partition coefficient (Wildman–Crippen LogP) is 4.91. The van der Waals surface area contributed by atoms with E-state index in [1.807, 2.05) is 43.0 Å². The zero-order valence-corrected chi connectivity index (χ0v) is 18.9. The maximum Gasteiger partial charge on any atom is 0.360 e. The van der Waals surface area contributed by atoms with Crippen molar-refractivity contribution in [1.82, 2.24) is 14.7 Å². The van der Waals surface area contributed by atoms with Crippen LogP contribution in [0.2, 0.25) is 0 Å². The number of aromatic nitrogens is 2. The van der Waals surface area contributed by atoms with Gasteiger partial charge in [-0.25, -0.2) is 9.48 Å². The van der Waals surface area contributed by atoms with E-state index in [0.29, 0.717) is 22.7 Å². The van der Waals surface area contributed by atoms with Gasteiger partial charge in [-0.1, -0.05) is 19.3 Å². The van der Waals surface area contributed by atoms with Crippen LogP contribution in [0.15, 0.2) is 28.7 Å². The van der Waals surface area contributed by atoms with E-state index in [0.717, 1.165) is 30.8 Å². The molecule has 0 unspecified atom stereocenters. The standard InChI is InChI=1S/C22H28BrN3O3/c1-4-25(17-9-7-6-8-10-17)21(27)16-11-13-18(14-12-16)26-15(3)19(23)20(24-26)22(28)29-5-2/h11-14,17H,4-10H2,1-3H3. The van der Waals surface area contributed by atoms with Crippen LogP contribution in [0, 0.1) is 6.92 Å². The number of nitrogens with zero attached hydrogens (tertiary/aromatic N) is 3. The molecule has 0 radical (unpaired) electrons. The molecule has 7 heteroatoms. The van der Waals surface area contributed by atoms with E-state index in [2.05, 4.69) is 21.0 Å². The summed E-state index contributed by atoms with van der Waals surface area (Å²) in [7, 11) is 0. The van der Waals surface area contributed by atoms with Crippen molar-refractivity contribution in [3.8, 4) is 5.69 Å². The van der Waals surface area contributed by atoms with Gasteiger partial charge in [0, 0.05) is 18.2 Å². The Labute approximate surface area is 180 Å². The number of hydrogen-bond donors (Lipinski definition) is 0. The number of amides is 1. The third-order valence-corrected chi connectivity index (χ3v) is 6.44. The fourth-order valence-electron chi connectivity index (χ4n) is 3.94. The van der Waals surface area contributed by atoms with Gasteiger partial charge < -0.3 is 9.64 Å². The first-order valence-corrected chi connectivity index (χ1v) is 11.1. The lowest BCUT2D eigenvalue weighted by Crippen LogP contribution is -2.41. The van der Waals surface area contributed by atoms with Gasteiger partial charge in [-0.3, -0.25) is 4.79 Å². The zero-order valence-electron chi connectivity index (χ0n) is 17.3. The monoisotopic (exact) mass is 461 g/mol. The minimum Gasteiger partial charge on any atom is -0.461 e. The van der Waals surface area contributed by atoms with E-state index >= 15 is 0 Å². The van der Waals surface area contributed by atoms with Gasteiger partial charge in [0.25, 0.3) is 5.91 Å². The van der Waals surface area contributed by atoms with Crippen molar-refractivity contribution in [3.05, 3.63) is 45.7 Å². The van der Waals surface area contributed by atoms with Gasteiger partial charge in [0.2, 0.25) is 0 Å². The molecule has 0 spiro atoms. The lowest BCUT2D eigenvalue weighted by atomic mass is 9.93. The van der Waals surface area contributed by atoms with Crippen molar-refractivity contribution in [1.29, 1.82) is 0 Å². The lowest BCUT2D eigenvalue weighted by molar-refractivity contribution is 0.0517. The predicted molar refractivity (Wildman–Crippen MR) is 116 cm³/mol. The molecule has 1 saturated carbocycles. The lowest BCUT2D eigenvalue weighted by Gasteiger charge is -2.33. The molecule has 1 fully saturated rings. The average Bonchev–Trinajstić information content (AvgIpc) is 3.04. The second kappa shape index (κ2) is 9.57. The van der Waals surface area contributed by atoms with Crippen LogP contribution in [0.25, 0.3) is 5.69 Å². The molecule has 1 aliphatic carbocycles. The van der Waals surface area contributed by atoms with Crippen LogP contribution in [0.4, 0.5) is 0 Å². The van der Waals surface area contributed by atoms with Crippen LogP contribution >= 0.6 is 15.9 Å². The number of halogens is 1. The highest BCUT2D eigenvalue weighted by molar-refractivity contribution is 9.10. The summed E-state index contributed by atoms with van der Waals surface area (Å²) in [6.07, 6.45) is 5.85. The van der Waals surface area contributed by atoms with Crippen LogP contribution in [-0.4, -0.2) is 45.8 Å². The molecule has 29 heavy (non-hydrogen) atoms. The van der Waals surface area contributed by atoms with Crippen molar-refractivity contribution >= 4 is 27.8 Å². The van der Waals surface area contributed by atoms with Crippen LogP contribution < -0.4 is 0 Å². The molecule has 3 rings (SSSR count). The molecule has 0 bridgehead atoms. The third-order valence-electron chi connectivity index (χ3n) is 5.49. The van der Waals surface area contributed by atoms with E-state index in [1.54, 1.807) is 11.6 Å². The summed E-state index contributed by atoms with van der Waals surface area (Å²) in [4.78, 5) is 27.1. The van der Waals surface area contributed by atoms with E-state index in [-0.39, 0.29) is 11.6 Å². The molecular formula is C22H28BrN3O3. The molecule has 0 saturated heterocycles. The van der Waals surface area contributed by atoms with Crippen molar-refractivity contribution < 1.29 is 14.3 Å². The Kier molecular flexibility index (Phi) is 7.11. The Balaban J connectivity index is 1.82. The van der Waals surface area contributed by atoms with E-state index in [1.165, 1.54) is 19.3 Å². The molecule has 2 aromatic rings. The molecule has 1 aliphatic rings. The van der Waals surface area contributed by atoms with Crippen molar-refractivity contribution in [2.75, 3.05) is 13.2 Å². The van der Waals surface area contributed by atoms with Gasteiger partial charge in [-0.15, -0.1) is 0 Å². The molecular weight excluding hydrogens is 434 g/mol. The van der Waals surface area contributed by atoms with Crippen molar-refractivity contribution in [3.63, 3.8) is 0 Å². The van der Waals surface area contributed by atoms with Crippen molar-refractivity contribution in [2.45, 2.75) is 58.9 Å². The van der Waals surface area contributed by atoms with E-state index in [4.69, 9.17) is 4.74 Å². The minimum atomic E-state index is -0.459. The van der Waals surface area contributed by atoms with Crippen molar-refractivity contribution in [2.24, 2.45) is 0 Å². The Morgan fingerprint density at radius 1 is 1.17 bits per heavy atom. The Hall–Kier alpha value is -2.15. The number of hydrogen-bond acceptors (Lipinski definition) is 4.